The summed E-state index contributed by atoms with van der Waals surface area (Å²) in [7, 11) is 0. The van der Waals surface area contributed by atoms with Crippen LogP contribution in [0.2, 0.25) is 5.02 Å². The molecule has 142 valence electrons. The third-order valence-corrected chi connectivity index (χ3v) is 4.90. The van der Waals surface area contributed by atoms with Crippen molar-refractivity contribution in [1.29, 1.82) is 0 Å². The zero-order chi connectivity index (χ0) is 19.1. The standard InChI is InChI=1S/C16H21ClN2O.C2H2O4/c17-14-5-3-4-13(12-14)16(20)19-10-6-15(7-11-19)18-8-1-2-9-18;3-1(4)2(5)6/h3-5,12,15H,1-2,6-11H2;(H,3,4)(H,5,6). The minimum absolute atomic E-state index is 0.118. The van der Waals surface area contributed by atoms with Gasteiger partial charge in [-0.25, -0.2) is 9.59 Å². The van der Waals surface area contributed by atoms with E-state index < -0.39 is 11.9 Å². The first kappa shape index (κ1) is 20.2. The summed E-state index contributed by atoms with van der Waals surface area (Å²) >= 11 is 5.96. The second kappa shape index (κ2) is 9.54. The van der Waals surface area contributed by atoms with E-state index in [1.165, 1.54) is 25.9 Å². The SMILES string of the molecule is O=C(O)C(=O)O.O=C(c1cccc(Cl)c1)N1CCC(N2CCCC2)CC1. The molecule has 2 saturated heterocycles. The molecule has 1 aromatic carbocycles. The van der Waals surface area contributed by atoms with Crippen LogP contribution in [0.5, 0.6) is 0 Å². The van der Waals surface area contributed by atoms with Crippen molar-refractivity contribution in [2.24, 2.45) is 0 Å². The molecule has 0 atom stereocenters. The number of nitrogens with zero attached hydrogens (tertiary/aromatic N) is 2. The highest BCUT2D eigenvalue weighted by molar-refractivity contribution is 6.31. The van der Waals surface area contributed by atoms with Crippen molar-refractivity contribution in [3.63, 3.8) is 0 Å². The highest BCUT2D eigenvalue weighted by Gasteiger charge is 2.28. The predicted molar refractivity (Wildman–Crippen MR) is 96.5 cm³/mol. The van der Waals surface area contributed by atoms with Crippen LogP contribution in [0.1, 0.15) is 36.0 Å². The smallest absolute Gasteiger partial charge is 0.414 e. The number of aliphatic carboxylic acids is 2. The van der Waals surface area contributed by atoms with Crippen LogP contribution in [-0.2, 0) is 9.59 Å². The van der Waals surface area contributed by atoms with E-state index in [9.17, 15) is 4.79 Å². The maximum absolute atomic E-state index is 12.4. The number of amides is 1. The van der Waals surface area contributed by atoms with E-state index in [1.54, 1.807) is 12.1 Å². The van der Waals surface area contributed by atoms with Crippen LogP contribution < -0.4 is 0 Å². The number of benzene rings is 1. The molecule has 2 fully saturated rings. The first-order chi connectivity index (χ1) is 12.4. The Bertz CT molecular complexity index is 641. The zero-order valence-electron chi connectivity index (χ0n) is 14.4. The van der Waals surface area contributed by atoms with Crippen LogP contribution in [0.3, 0.4) is 0 Å². The van der Waals surface area contributed by atoms with E-state index in [0.717, 1.165) is 25.9 Å². The number of hydrogen-bond donors (Lipinski definition) is 2. The topological polar surface area (TPSA) is 98.1 Å². The van der Waals surface area contributed by atoms with Gasteiger partial charge in [0.05, 0.1) is 0 Å². The molecule has 2 heterocycles. The third kappa shape index (κ3) is 5.71. The third-order valence-electron chi connectivity index (χ3n) is 4.66. The number of piperidine rings is 1. The molecular formula is C18H23ClN2O5. The molecule has 0 aromatic heterocycles. The monoisotopic (exact) mass is 382 g/mol. The summed E-state index contributed by atoms with van der Waals surface area (Å²) in [5.74, 6) is -3.53. The number of carboxylic acid groups (broad SMARTS) is 2. The Morgan fingerprint density at radius 3 is 2.04 bits per heavy atom. The molecule has 0 saturated carbocycles. The summed E-state index contributed by atoms with van der Waals surface area (Å²) in [6.07, 6.45) is 4.88. The fourth-order valence-electron chi connectivity index (χ4n) is 3.34. The lowest BCUT2D eigenvalue weighted by Gasteiger charge is -2.36. The summed E-state index contributed by atoms with van der Waals surface area (Å²) in [5.41, 5.74) is 0.706. The fourth-order valence-corrected chi connectivity index (χ4v) is 3.54. The number of halogens is 1. The molecule has 1 amide bonds. The van der Waals surface area contributed by atoms with Gasteiger partial charge < -0.3 is 20.0 Å². The van der Waals surface area contributed by atoms with Crippen molar-refractivity contribution in [3.8, 4) is 0 Å². The maximum Gasteiger partial charge on any atom is 0.414 e. The van der Waals surface area contributed by atoms with Gasteiger partial charge >= 0.3 is 11.9 Å². The predicted octanol–water partition coefficient (Wildman–Crippen LogP) is 2.20. The summed E-state index contributed by atoms with van der Waals surface area (Å²) in [6, 6.07) is 7.93. The molecular weight excluding hydrogens is 360 g/mol. The highest BCUT2D eigenvalue weighted by atomic mass is 35.5. The van der Waals surface area contributed by atoms with Crippen molar-refractivity contribution in [3.05, 3.63) is 34.9 Å². The Morgan fingerprint density at radius 2 is 1.54 bits per heavy atom. The van der Waals surface area contributed by atoms with E-state index in [2.05, 4.69) is 4.90 Å². The molecule has 2 aliphatic heterocycles. The lowest BCUT2D eigenvalue weighted by Crippen LogP contribution is -2.45. The molecule has 3 rings (SSSR count). The van der Waals surface area contributed by atoms with Crippen LogP contribution in [0.25, 0.3) is 0 Å². The number of hydrogen-bond acceptors (Lipinski definition) is 4. The average Bonchev–Trinajstić information content (AvgIpc) is 3.16. The van der Waals surface area contributed by atoms with Crippen molar-refractivity contribution in [2.45, 2.75) is 31.7 Å². The van der Waals surface area contributed by atoms with Crippen molar-refractivity contribution >= 4 is 29.4 Å². The Hall–Kier alpha value is -2.12. The molecule has 0 aliphatic carbocycles. The number of likely N-dealkylation sites (tertiary alicyclic amines) is 2. The van der Waals surface area contributed by atoms with E-state index >= 15 is 0 Å². The van der Waals surface area contributed by atoms with Gasteiger partial charge in [0.2, 0.25) is 0 Å². The minimum atomic E-state index is -1.82. The van der Waals surface area contributed by atoms with Gasteiger partial charge in [-0.3, -0.25) is 4.79 Å². The quantitative estimate of drug-likeness (QED) is 0.761. The highest BCUT2D eigenvalue weighted by Crippen LogP contribution is 2.22. The van der Waals surface area contributed by atoms with Gasteiger partial charge in [-0.1, -0.05) is 17.7 Å². The second-order valence-electron chi connectivity index (χ2n) is 6.39. The number of carbonyl (C=O) groups excluding carboxylic acids is 1. The Labute approximate surface area is 157 Å². The molecule has 0 radical (unpaired) electrons. The first-order valence-corrected chi connectivity index (χ1v) is 9.01. The normalized spacial score (nSPS) is 18.1. The van der Waals surface area contributed by atoms with Crippen molar-refractivity contribution < 1.29 is 24.6 Å². The van der Waals surface area contributed by atoms with Crippen LogP contribution in [0, 0.1) is 0 Å². The Kier molecular flexibility index (Phi) is 7.41. The van der Waals surface area contributed by atoms with Gasteiger partial charge in [0.15, 0.2) is 0 Å². The van der Waals surface area contributed by atoms with E-state index in [4.69, 9.17) is 31.4 Å². The molecule has 0 bridgehead atoms. The lowest BCUT2D eigenvalue weighted by molar-refractivity contribution is -0.159. The van der Waals surface area contributed by atoms with Crippen LogP contribution >= 0.6 is 11.6 Å². The first-order valence-electron chi connectivity index (χ1n) is 8.63. The summed E-state index contributed by atoms with van der Waals surface area (Å²) in [5, 5.41) is 15.4. The maximum atomic E-state index is 12.4. The Balaban J connectivity index is 0.000000352. The Morgan fingerprint density at radius 1 is 0.962 bits per heavy atom. The van der Waals surface area contributed by atoms with Crippen LogP contribution in [0.4, 0.5) is 0 Å². The molecule has 0 spiro atoms. The number of carbonyl (C=O) groups is 3. The van der Waals surface area contributed by atoms with Gasteiger partial charge in [0.25, 0.3) is 5.91 Å². The van der Waals surface area contributed by atoms with Gasteiger partial charge in [-0.2, -0.15) is 0 Å². The van der Waals surface area contributed by atoms with Crippen molar-refractivity contribution in [2.75, 3.05) is 26.2 Å². The molecule has 0 unspecified atom stereocenters. The van der Waals surface area contributed by atoms with Gasteiger partial charge in [0.1, 0.15) is 0 Å². The largest absolute Gasteiger partial charge is 0.473 e. The fraction of sp³-hybridized carbons (Fsp3) is 0.500. The van der Waals surface area contributed by atoms with Crippen LogP contribution in [0.15, 0.2) is 24.3 Å². The number of carboxylic acids is 2. The summed E-state index contributed by atoms with van der Waals surface area (Å²) in [6.45, 7) is 4.22. The molecule has 26 heavy (non-hydrogen) atoms. The van der Waals surface area contributed by atoms with E-state index in [-0.39, 0.29) is 5.91 Å². The van der Waals surface area contributed by atoms with Gasteiger partial charge in [-0.15, -0.1) is 0 Å². The summed E-state index contributed by atoms with van der Waals surface area (Å²) < 4.78 is 0. The molecule has 2 N–H and O–H groups in total. The molecule has 8 heteroatoms. The zero-order valence-corrected chi connectivity index (χ0v) is 15.2. The summed E-state index contributed by atoms with van der Waals surface area (Å²) in [4.78, 5) is 35.2. The van der Waals surface area contributed by atoms with E-state index in [1.807, 2.05) is 17.0 Å². The van der Waals surface area contributed by atoms with Crippen molar-refractivity contribution in [1.82, 2.24) is 9.80 Å². The van der Waals surface area contributed by atoms with Gasteiger partial charge in [-0.05, 0) is 57.0 Å². The molecule has 1 aromatic rings. The van der Waals surface area contributed by atoms with E-state index in [0.29, 0.717) is 16.6 Å². The second-order valence-corrected chi connectivity index (χ2v) is 6.82. The molecule has 7 nitrogen and oxygen atoms in total. The average molecular weight is 383 g/mol. The van der Waals surface area contributed by atoms with Gasteiger partial charge in [0, 0.05) is 29.7 Å². The number of rotatable bonds is 2. The lowest BCUT2D eigenvalue weighted by atomic mass is 10.0. The molecule has 2 aliphatic rings. The van der Waals surface area contributed by atoms with Crippen LogP contribution in [-0.4, -0.2) is 70.1 Å². The minimum Gasteiger partial charge on any atom is -0.473 e.